The molecule has 1 aromatic rings. The fourth-order valence-electron chi connectivity index (χ4n) is 6.97. The van der Waals surface area contributed by atoms with E-state index in [1.165, 1.54) is 0 Å². The minimum absolute atomic E-state index is 0.129. The number of hydrogen-bond donors (Lipinski definition) is 1. The molecule has 7 heteroatoms. The van der Waals surface area contributed by atoms with Crippen LogP contribution in [0.4, 0.5) is 13.6 Å². The first kappa shape index (κ1) is 25.4. The fourth-order valence-corrected chi connectivity index (χ4v) is 6.97. The number of nitrogens with two attached hydrogens (primary N) is 1. The van der Waals surface area contributed by atoms with Crippen LogP contribution in [0, 0.1) is 18.8 Å². The van der Waals surface area contributed by atoms with Crippen LogP contribution < -0.4 is 5.73 Å². The molecule has 0 bridgehead atoms. The van der Waals surface area contributed by atoms with Crippen molar-refractivity contribution in [1.82, 2.24) is 14.7 Å². The predicted octanol–water partition coefficient (Wildman–Crippen LogP) is 5.18. The summed E-state index contributed by atoms with van der Waals surface area (Å²) < 4.78 is 33.3. The third kappa shape index (κ3) is 4.58. The van der Waals surface area contributed by atoms with Gasteiger partial charge in [-0.3, -0.25) is 9.80 Å². The number of alkyl halides is 2. The number of hydrogen-bond acceptors (Lipinski definition) is 3. The van der Waals surface area contributed by atoms with Gasteiger partial charge in [-0.15, -0.1) is 0 Å². The van der Waals surface area contributed by atoms with Crippen molar-refractivity contribution in [2.45, 2.75) is 89.9 Å². The lowest BCUT2D eigenvalue weighted by Gasteiger charge is -2.59. The standard InChI is InChI=1S/C27H42F2N4O/c1-19(2)31-14-16-32(17-15-31)23-18-26(4,22-12-10-20(3)11-13-22)24(21-8-6-5-7-9-21)27(28,29)33(23)25(30)34/h10-13,19,21,23-24H,5-9,14-18H2,1-4H3,(H2,30,34)/t23-,24?,26?/m0/s1. The summed E-state index contributed by atoms with van der Waals surface area (Å²) in [5, 5.41) is 0. The summed E-state index contributed by atoms with van der Waals surface area (Å²) in [6.45, 7) is 11.3. The van der Waals surface area contributed by atoms with Crippen molar-refractivity contribution in [3.8, 4) is 0 Å². The van der Waals surface area contributed by atoms with Crippen molar-refractivity contribution in [2.24, 2.45) is 17.6 Å². The topological polar surface area (TPSA) is 52.8 Å². The van der Waals surface area contributed by atoms with Crippen LogP contribution in [-0.2, 0) is 5.41 Å². The first-order valence-corrected chi connectivity index (χ1v) is 13.1. The van der Waals surface area contributed by atoms with Gasteiger partial charge < -0.3 is 5.73 Å². The number of carbonyl (C=O) groups excluding carboxylic acids is 1. The Kier molecular flexibility index (Phi) is 7.26. The number of piperidine rings is 1. The average molecular weight is 477 g/mol. The van der Waals surface area contributed by atoms with Gasteiger partial charge in [0, 0.05) is 37.6 Å². The van der Waals surface area contributed by atoms with Crippen molar-refractivity contribution < 1.29 is 13.6 Å². The summed E-state index contributed by atoms with van der Waals surface area (Å²) in [5.41, 5.74) is 7.03. The zero-order valence-corrected chi connectivity index (χ0v) is 21.3. The molecule has 0 aromatic heterocycles. The maximum absolute atomic E-state index is 16.6. The molecule has 2 amide bonds. The van der Waals surface area contributed by atoms with E-state index in [9.17, 15) is 4.79 Å². The van der Waals surface area contributed by atoms with E-state index < -0.39 is 29.6 Å². The third-order valence-corrected chi connectivity index (χ3v) is 8.86. The van der Waals surface area contributed by atoms with E-state index in [0.717, 1.165) is 61.2 Å². The Morgan fingerprint density at radius 2 is 1.62 bits per heavy atom. The molecule has 3 aliphatic rings. The molecule has 1 saturated carbocycles. The lowest BCUT2D eigenvalue weighted by Crippen LogP contribution is -2.72. The first-order chi connectivity index (χ1) is 16.1. The molecular weight excluding hydrogens is 434 g/mol. The van der Waals surface area contributed by atoms with Crippen molar-refractivity contribution in [3.63, 3.8) is 0 Å². The Bertz CT molecular complexity index is 847. The van der Waals surface area contributed by atoms with Gasteiger partial charge in [-0.2, -0.15) is 8.78 Å². The highest BCUT2D eigenvalue weighted by molar-refractivity contribution is 5.73. The van der Waals surface area contributed by atoms with Crippen molar-refractivity contribution in [2.75, 3.05) is 26.2 Å². The lowest BCUT2D eigenvalue weighted by atomic mass is 9.58. The maximum Gasteiger partial charge on any atom is 0.334 e. The zero-order chi connectivity index (χ0) is 24.7. The second-order valence-electron chi connectivity index (χ2n) is 11.3. The van der Waals surface area contributed by atoms with Gasteiger partial charge in [0.2, 0.25) is 0 Å². The summed E-state index contributed by atoms with van der Waals surface area (Å²) in [6, 6.07) is 4.18. The molecule has 1 aliphatic carbocycles. The van der Waals surface area contributed by atoms with Crippen molar-refractivity contribution >= 4 is 6.03 Å². The SMILES string of the molecule is Cc1ccc(C2(C)C[C@@H](N3CCN(C(C)C)CC3)N(C(N)=O)C(F)(F)C2C2CCCCC2)cc1. The van der Waals surface area contributed by atoms with Crippen LogP contribution in [0.25, 0.3) is 0 Å². The number of halogens is 2. The number of amides is 2. The molecule has 5 nitrogen and oxygen atoms in total. The summed E-state index contributed by atoms with van der Waals surface area (Å²) in [7, 11) is 0. The highest BCUT2D eigenvalue weighted by Gasteiger charge is 2.65. The normalized spacial score (nSPS) is 31.7. The Morgan fingerprint density at radius 3 is 2.15 bits per heavy atom. The third-order valence-electron chi connectivity index (χ3n) is 8.86. The van der Waals surface area contributed by atoms with Crippen LogP contribution in [0.15, 0.2) is 24.3 Å². The molecule has 2 aliphatic heterocycles. The van der Waals surface area contributed by atoms with Crippen LogP contribution >= 0.6 is 0 Å². The van der Waals surface area contributed by atoms with Crippen molar-refractivity contribution in [3.05, 3.63) is 35.4 Å². The molecule has 1 aromatic carbocycles. The number of piperazine rings is 1. The molecule has 34 heavy (non-hydrogen) atoms. The van der Waals surface area contributed by atoms with Gasteiger partial charge in [-0.25, -0.2) is 9.69 Å². The summed E-state index contributed by atoms with van der Waals surface area (Å²) in [5.74, 6) is -1.08. The Morgan fingerprint density at radius 1 is 1.03 bits per heavy atom. The minimum atomic E-state index is -3.31. The quantitative estimate of drug-likeness (QED) is 0.610. The van der Waals surface area contributed by atoms with Crippen LogP contribution in [0.1, 0.15) is 70.4 Å². The van der Waals surface area contributed by atoms with E-state index in [2.05, 4.69) is 23.6 Å². The second-order valence-corrected chi connectivity index (χ2v) is 11.3. The van der Waals surface area contributed by atoms with Crippen LogP contribution in [-0.4, -0.2) is 65.2 Å². The van der Waals surface area contributed by atoms with E-state index in [-0.39, 0.29) is 5.92 Å². The molecule has 2 saturated heterocycles. The molecule has 0 radical (unpaired) electrons. The highest BCUT2D eigenvalue weighted by atomic mass is 19.3. The molecule has 2 unspecified atom stereocenters. The summed E-state index contributed by atoms with van der Waals surface area (Å²) >= 11 is 0. The van der Waals surface area contributed by atoms with E-state index in [4.69, 9.17) is 5.73 Å². The number of rotatable bonds is 4. The molecule has 3 fully saturated rings. The van der Waals surface area contributed by atoms with Crippen LogP contribution in [0.3, 0.4) is 0 Å². The van der Waals surface area contributed by atoms with Crippen LogP contribution in [0.2, 0.25) is 0 Å². The van der Waals surface area contributed by atoms with E-state index in [1.54, 1.807) is 0 Å². The monoisotopic (exact) mass is 476 g/mol. The van der Waals surface area contributed by atoms with Gasteiger partial charge in [-0.05, 0) is 51.5 Å². The largest absolute Gasteiger partial charge is 0.351 e. The minimum Gasteiger partial charge on any atom is -0.351 e. The summed E-state index contributed by atoms with van der Waals surface area (Å²) in [4.78, 5) is 17.8. The number of carbonyl (C=O) groups is 1. The molecule has 190 valence electrons. The Hall–Kier alpha value is -1.73. The lowest BCUT2D eigenvalue weighted by molar-refractivity contribution is -0.258. The van der Waals surface area contributed by atoms with E-state index >= 15 is 8.78 Å². The molecule has 2 heterocycles. The highest BCUT2D eigenvalue weighted by Crippen LogP contribution is 2.57. The first-order valence-electron chi connectivity index (χ1n) is 13.1. The predicted molar refractivity (Wildman–Crippen MR) is 132 cm³/mol. The molecule has 0 spiro atoms. The van der Waals surface area contributed by atoms with Gasteiger partial charge in [0.15, 0.2) is 0 Å². The number of nitrogens with zero attached hydrogens (tertiary/aromatic N) is 3. The number of likely N-dealkylation sites (tertiary alicyclic amines) is 1. The average Bonchev–Trinajstić information content (AvgIpc) is 2.79. The number of primary amides is 1. The van der Waals surface area contributed by atoms with Gasteiger partial charge in [0.05, 0.1) is 12.1 Å². The molecule has 2 N–H and O–H groups in total. The number of aryl methyl sites for hydroxylation is 1. The number of urea groups is 1. The van der Waals surface area contributed by atoms with Crippen molar-refractivity contribution in [1.29, 1.82) is 0 Å². The molecule has 3 atom stereocenters. The molecule has 4 rings (SSSR count). The van der Waals surface area contributed by atoms with Gasteiger partial charge in [0.1, 0.15) is 0 Å². The number of benzene rings is 1. The van der Waals surface area contributed by atoms with E-state index in [1.807, 2.05) is 38.1 Å². The maximum atomic E-state index is 16.6. The van der Waals surface area contributed by atoms with Gasteiger partial charge in [-0.1, -0.05) is 56.0 Å². The smallest absolute Gasteiger partial charge is 0.334 e. The van der Waals surface area contributed by atoms with Gasteiger partial charge >= 0.3 is 12.1 Å². The Labute approximate surface area is 203 Å². The van der Waals surface area contributed by atoms with Gasteiger partial charge in [0.25, 0.3) is 0 Å². The van der Waals surface area contributed by atoms with Crippen LogP contribution in [0.5, 0.6) is 0 Å². The fraction of sp³-hybridized carbons (Fsp3) is 0.741. The summed E-state index contributed by atoms with van der Waals surface area (Å²) in [6.07, 6.45) is 4.36. The van der Waals surface area contributed by atoms with E-state index in [0.29, 0.717) is 25.6 Å². The molecular formula is C27H42F2N4O. The second kappa shape index (κ2) is 9.73. The zero-order valence-electron chi connectivity index (χ0n) is 21.3. The Balaban J connectivity index is 1.76.